The van der Waals surface area contributed by atoms with Crippen LogP contribution >= 0.6 is 0 Å². The fourth-order valence-corrected chi connectivity index (χ4v) is 2.79. The molecule has 0 spiro atoms. The first-order valence-electron chi connectivity index (χ1n) is 7.44. The number of fused-ring (bicyclic) bond motifs is 2. The van der Waals surface area contributed by atoms with E-state index in [1.54, 1.807) is 6.20 Å². The molecule has 5 heteroatoms. The summed E-state index contributed by atoms with van der Waals surface area (Å²) in [6.07, 6.45) is 3.73. The first kappa shape index (κ1) is 13.9. The van der Waals surface area contributed by atoms with Gasteiger partial charge in [-0.3, -0.25) is 9.98 Å². The summed E-state index contributed by atoms with van der Waals surface area (Å²) in [5, 5.41) is 0. The fraction of sp³-hybridized carbons (Fsp3) is 0.167. The summed E-state index contributed by atoms with van der Waals surface area (Å²) in [5.41, 5.74) is 4.81. The number of aryl methyl sites for hydroxylation is 1. The van der Waals surface area contributed by atoms with E-state index in [0.717, 1.165) is 34.1 Å². The molecule has 1 aromatic heterocycles. The van der Waals surface area contributed by atoms with Crippen LogP contribution in [0.2, 0.25) is 0 Å². The Morgan fingerprint density at radius 3 is 2.61 bits per heavy atom. The van der Waals surface area contributed by atoms with Crippen molar-refractivity contribution in [2.24, 2.45) is 4.99 Å². The number of hydrogen-bond donors (Lipinski definition) is 0. The smallest absolute Gasteiger partial charge is 0.160 e. The summed E-state index contributed by atoms with van der Waals surface area (Å²) < 4.78 is 26.5. The highest BCUT2D eigenvalue weighted by atomic mass is 19.2. The Labute approximate surface area is 131 Å². The van der Waals surface area contributed by atoms with Crippen LogP contribution < -0.4 is 0 Å². The second-order valence-electron chi connectivity index (χ2n) is 5.60. The highest BCUT2D eigenvalue weighted by molar-refractivity contribution is 5.94. The maximum Gasteiger partial charge on any atom is 0.160 e. The summed E-state index contributed by atoms with van der Waals surface area (Å²) in [4.78, 5) is 13.4. The lowest BCUT2D eigenvalue weighted by Gasteiger charge is -2.02. The Morgan fingerprint density at radius 2 is 1.74 bits per heavy atom. The zero-order valence-corrected chi connectivity index (χ0v) is 12.3. The third-order valence-corrected chi connectivity index (χ3v) is 3.96. The largest absolute Gasteiger partial charge is 0.257 e. The molecule has 3 nitrogen and oxygen atoms in total. The summed E-state index contributed by atoms with van der Waals surface area (Å²) in [5.74, 6) is -1.67. The minimum absolute atomic E-state index is 0.531. The van der Waals surface area contributed by atoms with Gasteiger partial charge in [0.2, 0.25) is 0 Å². The Hall–Kier alpha value is -2.69. The molecule has 2 aromatic carbocycles. The molecule has 0 aliphatic carbocycles. The van der Waals surface area contributed by atoms with Crippen LogP contribution in [0.3, 0.4) is 0 Å². The minimum atomic E-state index is -0.853. The van der Waals surface area contributed by atoms with Gasteiger partial charge in [0.05, 0.1) is 22.4 Å². The van der Waals surface area contributed by atoms with E-state index >= 15 is 0 Å². The van der Waals surface area contributed by atoms with E-state index in [1.165, 1.54) is 6.07 Å². The number of benzene rings is 2. The third-order valence-electron chi connectivity index (χ3n) is 3.96. The van der Waals surface area contributed by atoms with Gasteiger partial charge in [0.15, 0.2) is 11.6 Å². The van der Waals surface area contributed by atoms with Crippen LogP contribution in [0, 0.1) is 11.6 Å². The Kier molecular flexibility index (Phi) is 3.33. The number of aromatic nitrogens is 2. The summed E-state index contributed by atoms with van der Waals surface area (Å²) in [6, 6.07) is 10.1. The first-order valence-corrected chi connectivity index (χ1v) is 7.44. The number of nitrogens with zero attached hydrogens (tertiary/aromatic N) is 3. The van der Waals surface area contributed by atoms with Crippen LogP contribution in [0.15, 0.2) is 47.6 Å². The SMILES string of the molecule is Fc1cc2c(cc1F)N=C(CCc1cnc3ccccc3n1)C2. The predicted octanol–water partition coefficient (Wildman–Crippen LogP) is 4.17. The molecule has 1 aliphatic heterocycles. The van der Waals surface area contributed by atoms with Crippen molar-refractivity contribution < 1.29 is 8.78 Å². The standard InChI is InChI=1S/C18H13F2N3/c19-14-8-11-7-12(22-18(11)9-15(14)20)5-6-13-10-21-16-3-1-2-4-17(16)23-13/h1-4,8-10H,5-7H2. The van der Waals surface area contributed by atoms with Crippen molar-refractivity contribution >= 4 is 22.4 Å². The highest BCUT2D eigenvalue weighted by Crippen LogP contribution is 2.30. The second kappa shape index (κ2) is 5.50. The van der Waals surface area contributed by atoms with Crippen LogP contribution in [-0.2, 0) is 12.8 Å². The molecule has 3 aromatic rings. The van der Waals surface area contributed by atoms with Gasteiger partial charge in [-0.2, -0.15) is 0 Å². The van der Waals surface area contributed by atoms with E-state index in [0.29, 0.717) is 24.9 Å². The van der Waals surface area contributed by atoms with Crippen LogP contribution in [0.5, 0.6) is 0 Å². The van der Waals surface area contributed by atoms with Crippen molar-refractivity contribution in [1.82, 2.24) is 9.97 Å². The molecule has 23 heavy (non-hydrogen) atoms. The van der Waals surface area contributed by atoms with Crippen molar-refractivity contribution in [1.29, 1.82) is 0 Å². The van der Waals surface area contributed by atoms with E-state index in [2.05, 4.69) is 15.0 Å². The zero-order valence-electron chi connectivity index (χ0n) is 12.3. The van der Waals surface area contributed by atoms with Crippen molar-refractivity contribution in [3.05, 3.63) is 65.5 Å². The molecule has 0 unspecified atom stereocenters. The first-order chi connectivity index (χ1) is 11.2. The number of aliphatic imine (C=N–C) groups is 1. The van der Waals surface area contributed by atoms with Crippen LogP contribution in [0.4, 0.5) is 14.5 Å². The van der Waals surface area contributed by atoms with E-state index in [9.17, 15) is 8.78 Å². The number of halogens is 2. The highest BCUT2D eigenvalue weighted by Gasteiger charge is 2.18. The van der Waals surface area contributed by atoms with Crippen molar-refractivity contribution in [2.75, 3.05) is 0 Å². The summed E-state index contributed by atoms with van der Waals surface area (Å²) in [6.45, 7) is 0. The predicted molar refractivity (Wildman–Crippen MR) is 85.0 cm³/mol. The normalized spacial score (nSPS) is 13.2. The molecule has 0 radical (unpaired) electrons. The molecule has 0 saturated heterocycles. The van der Waals surface area contributed by atoms with Gasteiger partial charge in [-0.15, -0.1) is 0 Å². The van der Waals surface area contributed by atoms with Crippen LogP contribution in [0.1, 0.15) is 17.7 Å². The maximum absolute atomic E-state index is 13.3. The number of para-hydroxylation sites is 2. The molecule has 114 valence electrons. The third kappa shape index (κ3) is 2.70. The maximum atomic E-state index is 13.3. The van der Waals surface area contributed by atoms with E-state index < -0.39 is 11.6 Å². The molecule has 0 fully saturated rings. The molecule has 1 aliphatic rings. The Balaban J connectivity index is 1.50. The topological polar surface area (TPSA) is 38.1 Å². The van der Waals surface area contributed by atoms with Gasteiger partial charge >= 0.3 is 0 Å². The average Bonchev–Trinajstić information content (AvgIpc) is 2.95. The van der Waals surface area contributed by atoms with Gasteiger partial charge < -0.3 is 0 Å². The number of rotatable bonds is 3. The van der Waals surface area contributed by atoms with Gasteiger partial charge in [-0.05, 0) is 36.6 Å². The molecular weight excluding hydrogens is 296 g/mol. The molecule has 4 rings (SSSR count). The Bertz CT molecular complexity index is 935. The molecule has 0 amide bonds. The molecular formula is C18H13F2N3. The second-order valence-corrected chi connectivity index (χ2v) is 5.60. The van der Waals surface area contributed by atoms with E-state index in [-0.39, 0.29) is 0 Å². The molecule has 0 bridgehead atoms. The van der Waals surface area contributed by atoms with Gasteiger partial charge in [-0.25, -0.2) is 13.8 Å². The quantitative estimate of drug-likeness (QED) is 0.728. The van der Waals surface area contributed by atoms with Crippen molar-refractivity contribution in [3.8, 4) is 0 Å². The lowest BCUT2D eigenvalue weighted by Crippen LogP contribution is -2.02. The van der Waals surface area contributed by atoms with Crippen LogP contribution in [-0.4, -0.2) is 15.7 Å². The molecule has 0 atom stereocenters. The summed E-state index contributed by atoms with van der Waals surface area (Å²) in [7, 11) is 0. The average molecular weight is 309 g/mol. The lowest BCUT2D eigenvalue weighted by atomic mass is 10.1. The molecule has 0 saturated carbocycles. The van der Waals surface area contributed by atoms with Crippen molar-refractivity contribution in [3.63, 3.8) is 0 Å². The van der Waals surface area contributed by atoms with E-state index in [4.69, 9.17) is 0 Å². The molecule has 0 N–H and O–H groups in total. The van der Waals surface area contributed by atoms with Gasteiger partial charge in [-0.1, -0.05) is 12.1 Å². The van der Waals surface area contributed by atoms with Crippen LogP contribution in [0.25, 0.3) is 11.0 Å². The van der Waals surface area contributed by atoms with E-state index in [1.807, 2.05) is 24.3 Å². The van der Waals surface area contributed by atoms with Crippen molar-refractivity contribution in [2.45, 2.75) is 19.3 Å². The van der Waals surface area contributed by atoms with Gasteiger partial charge in [0, 0.05) is 24.4 Å². The minimum Gasteiger partial charge on any atom is -0.257 e. The molecule has 2 heterocycles. The van der Waals surface area contributed by atoms with Gasteiger partial charge in [0.25, 0.3) is 0 Å². The zero-order chi connectivity index (χ0) is 15.8. The Morgan fingerprint density at radius 1 is 0.957 bits per heavy atom. The fourth-order valence-electron chi connectivity index (χ4n) is 2.79. The summed E-state index contributed by atoms with van der Waals surface area (Å²) >= 11 is 0. The lowest BCUT2D eigenvalue weighted by molar-refractivity contribution is 0.508. The van der Waals surface area contributed by atoms with Gasteiger partial charge in [0.1, 0.15) is 0 Å². The number of hydrogen-bond acceptors (Lipinski definition) is 3. The monoisotopic (exact) mass is 309 g/mol.